The SMILES string of the molecule is CC=CC(=O)N(CC)c1cc(-c2ccccc2)sc1OC(=O)O. The van der Waals surface area contributed by atoms with E-state index in [1.165, 1.54) is 22.3 Å². The number of anilines is 1. The molecule has 2 rings (SSSR count). The summed E-state index contributed by atoms with van der Waals surface area (Å²) in [5.41, 5.74) is 1.40. The Balaban J connectivity index is 2.49. The number of thiophene rings is 1. The molecule has 1 N–H and O–H groups in total. The number of carbonyl (C=O) groups is 2. The van der Waals surface area contributed by atoms with Crippen LogP contribution in [0.3, 0.4) is 0 Å². The molecule has 0 aliphatic rings. The van der Waals surface area contributed by atoms with Crippen LogP contribution in [0.25, 0.3) is 10.4 Å². The quantitative estimate of drug-likeness (QED) is 0.651. The molecule has 0 bridgehead atoms. The van der Waals surface area contributed by atoms with Crippen LogP contribution in [0.4, 0.5) is 10.5 Å². The Morgan fingerprint density at radius 1 is 1.30 bits per heavy atom. The number of carboxylic acid groups (broad SMARTS) is 1. The molecule has 1 heterocycles. The molecular weight excluding hydrogens is 314 g/mol. The zero-order valence-corrected chi connectivity index (χ0v) is 13.7. The average molecular weight is 331 g/mol. The molecule has 0 spiro atoms. The van der Waals surface area contributed by atoms with Crippen molar-refractivity contribution >= 4 is 29.1 Å². The van der Waals surface area contributed by atoms with Crippen LogP contribution in [0.2, 0.25) is 0 Å². The van der Waals surface area contributed by atoms with Gasteiger partial charge in [0.2, 0.25) is 5.06 Å². The Hall–Kier alpha value is -2.60. The lowest BCUT2D eigenvalue weighted by molar-refractivity contribution is -0.114. The molecular formula is C17H17NO4S. The van der Waals surface area contributed by atoms with Gasteiger partial charge >= 0.3 is 6.16 Å². The average Bonchev–Trinajstić information content (AvgIpc) is 2.92. The summed E-state index contributed by atoms with van der Waals surface area (Å²) in [6.07, 6.45) is 1.68. The maximum Gasteiger partial charge on any atom is 0.512 e. The number of allylic oxidation sites excluding steroid dienone is 1. The van der Waals surface area contributed by atoms with Crippen molar-refractivity contribution in [1.29, 1.82) is 0 Å². The number of likely N-dealkylation sites (N-methyl/N-ethyl adjacent to an activating group) is 1. The van der Waals surface area contributed by atoms with Gasteiger partial charge in [-0.15, -0.1) is 0 Å². The molecule has 1 aromatic carbocycles. The maximum atomic E-state index is 12.2. The van der Waals surface area contributed by atoms with Gasteiger partial charge in [-0.1, -0.05) is 47.7 Å². The van der Waals surface area contributed by atoms with Crippen molar-refractivity contribution < 1.29 is 19.4 Å². The van der Waals surface area contributed by atoms with Crippen molar-refractivity contribution in [2.24, 2.45) is 0 Å². The second kappa shape index (κ2) is 7.60. The van der Waals surface area contributed by atoms with Gasteiger partial charge in [-0.25, -0.2) is 4.79 Å². The summed E-state index contributed by atoms with van der Waals surface area (Å²) in [6, 6.07) is 11.3. The lowest BCUT2D eigenvalue weighted by atomic mass is 10.2. The van der Waals surface area contributed by atoms with Crippen LogP contribution in [0.5, 0.6) is 5.06 Å². The molecule has 2 aromatic rings. The van der Waals surface area contributed by atoms with Gasteiger partial charge in [0.05, 0.1) is 5.69 Å². The van der Waals surface area contributed by atoms with E-state index in [4.69, 9.17) is 9.84 Å². The molecule has 23 heavy (non-hydrogen) atoms. The van der Waals surface area contributed by atoms with Gasteiger partial charge in [0.1, 0.15) is 0 Å². The Bertz CT molecular complexity index is 721. The van der Waals surface area contributed by atoms with E-state index in [1.54, 1.807) is 19.1 Å². The summed E-state index contributed by atoms with van der Waals surface area (Å²) in [7, 11) is 0. The van der Waals surface area contributed by atoms with Gasteiger partial charge in [-0.05, 0) is 31.6 Å². The zero-order chi connectivity index (χ0) is 16.8. The number of hydrogen-bond acceptors (Lipinski definition) is 4. The van der Waals surface area contributed by atoms with Crippen molar-refractivity contribution in [3.8, 4) is 15.5 Å². The van der Waals surface area contributed by atoms with E-state index in [-0.39, 0.29) is 11.0 Å². The minimum atomic E-state index is -1.40. The highest BCUT2D eigenvalue weighted by atomic mass is 32.1. The van der Waals surface area contributed by atoms with Gasteiger partial charge in [-0.2, -0.15) is 0 Å². The fourth-order valence-electron chi connectivity index (χ4n) is 2.13. The van der Waals surface area contributed by atoms with E-state index in [1.807, 2.05) is 37.3 Å². The van der Waals surface area contributed by atoms with E-state index >= 15 is 0 Å². The smallest absolute Gasteiger partial charge is 0.449 e. The lowest BCUT2D eigenvalue weighted by Gasteiger charge is -2.18. The van der Waals surface area contributed by atoms with Crippen LogP contribution in [-0.2, 0) is 4.79 Å². The number of benzene rings is 1. The highest BCUT2D eigenvalue weighted by molar-refractivity contribution is 7.18. The summed E-state index contributed by atoms with van der Waals surface area (Å²) in [5.74, 6) is -0.220. The first kappa shape index (κ1) is 16.8. The number of hydrogen-bond donors (Lipinski definition) is 1. The number of ether oxygens (including phenoxy) is 1. The second-order valence-electron chi connectivity index (χ2n) is 4.60. The van der Waals surface area contributed by atoms with Crippen LogP contribution in [0.15, 0.2) is 48.6 Å². The van der Waals surface area contributed by atoms with Crippen molar-refractivity contribution in [1.82, 2.24) is 0 Å². The van der Waals surface area contributed by atoms with Gasteiger partial charge in [-0.3, -0.25) is 4.79 Å². The topological polar surface area (TPSA) is 66.8 Å². The summed E-state index contributed by atoms with van der Waals surface area (Å²) in [5, 5.41) is 9.13. The van der Waals surface area contributed by atoms with Crippen molar-refractivity contribution in [2.75, 3.05) is 11.4 Å². The number of nitrogens with zero attached hydrogens (tertiary/aromatic N) is 1. The lowest BCUT2D eigenvalue weighted by Crippen LogP contribution is -2.29. The standard InChI is InChI=1S/C17H17NO4S/c1-3-8-15(19)18(4-2)13-11-14(12-9-6-5-7-10-12)23-16(13)22-17(20)21/h3,5-11H,4H2,1-2H3,(H,20,21). The van der Waals surface area contributed by atoms with E-state index in [0.717, 1.165) is 10.4 Å². The van der Waals surface area contributed by atoms with Crippen molar-refractivity contribution in [3.63, 3.8) is 0 Å². The number of amides is 1. The van der Waals surface area contributed by atoms with E-state index < -0.39 is 6.16 Å². The van der Waals surface area contributed by atoms with E-state index in [9.17, 15) is 9.59 Å². The molecule has 0 aliphatic heterocycles. The minimum Gasteiger partial charge on any atom is -0.449 e. The predicted octanol–water partition coefficient (Wildman–Crippen LogP) is 4.40. The summed E-state index contributed by atoms with van der Waals surface area (Å²) >= 11 is 1.20. The number of carbonyl (C=O) groups excluding carboxylic acids is 1. The largest absolute Gasteiger partial charge is 0.512 e. The zero-order valence-electron chi connectivity index (χ0n) is 12.9. The fraction of sp³-hybridized carbons (Fsp3) is 0.176. The molecule has 0 atom stereocenters. The first-order valence-corrected chi connectivity index (χ1v) is 7.92. The molecule has 0 unspecified atom stereocenters. The Kier molecular flexibility index (Phi) is 5.54. The van der Waals surface area contributed by atoms with Gasteiger partial charge in [0.15, 0.2) is 0 Å². The normalized spacial score (nSPS) is 10.7. The van der Waals surface area contributed by atoms with Gasteiger partial charge in [0, 0.05) is 11.4 Å². The highest BCUT2D eigenvalue weighted by Crippen LogP contribution is 2.43. The molecule has 0 radical (unpaired) electrons. The van der Waals surface area contributed by atoms with Crippen LogP contribution in [0.1, 0.15) is 13.8 Å². The molecule has 1 aromatic heterocycles. The predicted molar refractivity (Wildman–Crippen MR) is 91.2 cm³/mol. The third kappa shape index (κ3) is 3.98. The molecule has 1 amide bonds. The third-order valence-corrected chi connectivity index (χ3v) is 4.15. The van der Waals surface area contributed by atoms with Crippen LogP contribution < -0.4 is 9.64 Å². The molecule has 0 aliphatic carbocycles. The van der Waals surface area contributed by atoms with Gasteiger partial charge < -0.3 is 14.7 Å². The monoisotopic (exact) mass is 331 g/mol. The molecule has 6 heteroatoms. The molecule has 0 fully saturated rings. The first-order chi connectivity index (χ1) is 11.1. The fourth-order valence-corrected chi connectivity index (χ4v) is 3.14. The molecule has 0 saturated heterocycles. The highest BCUT2D eigenvalue weighted by Gasteiger charge is 2.22. The van der Waals surface area contributed by atoms with E-state index in [0.29, 0.717) is 12.2 Å². The van der Waals surface area contributed by atoms with Crippen molar-refractivity contribution in [3.05, 3.63) is 48.6 Å². The number of rotatable bonds is 5. The van der Waals surface area contributed by atoms with Crippen molar-refractivity contribution in [2.45, 2.75) is 13.8 Å². The van der Waals surface area contributed by atoms with E-state index in [2.05, 4.69) is 0 Å². The summed E-state index contributed by atoms with van der Waals surface area (Å²) < 4.78 is 4.88. The van der Waals surface area contributed by atoms with Crippen LogP contribution in [-0.4, -0.2) is 23.7 Å². The maximum absolute atomic E-state index is 12.2. The third-order valence-electron chi connectivity index (χ3n) is 3.10. The first-order valence-electron chi connectivity index (χ1n) is 7.11. The summed E-state index contributed by atoms with van der Waals surface area (Å²) in [6.45, 7) is 3.99. The van der Waals surface area contributed by atoms with Crippen LogP contribution in [0, 0.1) is 0 Å². The molecule has 5 nitrogen and oxygen atoms in total. The Morgan fingerprint density at radius 3 is 2.57 bits per heavy atom. The Morgan fingerprint density at radius 2 is 2.00 bits per heavy atom. The minimum absolute atomic E-state index is 0.191. The second-order valence-corrected chi connectivity index (χ2v) is 5.61. The summed E-state index contributed by atoms with van der Waals surface area (Å²) in [4.78, 5) is 25.5. The molecule has 120 valence electrons. The van der Waals surface area contributed by atoms with Crippen LogP contribution >= 0.6 is 11.3 Å². The molecule has 0 saturated carbocycles. The Labute approximate surface area is 138 Å². The van der Waals surface area contributed by atoms with Gasteiger partial charge in [0.25, 0.3) is 5.91 Å².